The third kappa shape index (κ3) is 2.75. The topological polar surface area (TPSA) is 79.4 Å². The number of hydrogen-bond acceptors (Lipinski definition) is 6. The first kappa shape index (κ1) is 14.1. The molecule has 3 heterocycles. The number of piperidine rings is 1. The standard InChI is InChI=1S/C16H18N6O/c23-16(12-4-2-1-3-5-12)13-8-10-21(11-9-13)15-7-6-14-17-19-20-22(14)18-15/h1-7,13,16,23H,8-11H2/t16-/m1/s1. The number of nitrogens with zero attached hydrogens (tertiary/aromatic N) is 6. The molecule has 3 aromatic rings. The van der Waals surface area contributed by atoms with E-state index in [-0.39, 0.29) is 5.92 Å². The summed E-state index contributed by atoms with van der Waals surface area (Å²) < 4.78 is 1.44. The largest absolute Gasteiger partial charge is 0.388 e. The molecule has 1 aliphatic heterocycles. The predicted molar refractivity (Wildman–Crippen MR) is 84.9 cm³/mol. The molecule has 4 rings (SSSR count). The Labute approximate surface area is 133 Å². The van der Waals surface area contributed by atoms with Crippen molar-refractivity contribution in [3.63, 3.8) is 0 Å². The Hall–Kier alpha value is -2.54. The zero-order valence-electron chi connectivity index (χ0n) is 12.7. The van der Waals surface area contributed by atoms with Gasteiger partial charge in [0, 0.05) is 13.1 Å². The number of aromatic nitrogens is 5. The van der Waals surface area contributed by atoms with Crippen LogP contribution < -0.4 is 4.90 Å². The van der Waals surface area contributed by atoms with Gasteiger partial charge in [-0.15, -0.1) is 14.8 Å². The molecule has 1 saturated heterocycles. The van der Waals surface area contributed by atoms with Crippen LogP contribution in [0.3, 0.4) is 0 Å². The second-order valence-electron chi connectivity index (χ2n) is 5.90. The molecule has 0 amide bonds. The van der Waals surface area contributed by atoms with E-state index in [0.29, 0.717) is 5.65 Å². The van der Waals surface area contributed by atoms with Crippen molar-refractivity contribution in [2.45, 2.75) is 18.9 Å². The molecule has 1 aromatic carbocycles. The van der Waals surface area contributed by atoms with E-state index in [1.807, 2.05) is 42.5 Å². The molecule has 0 spiro atoms. The molecular formula is C16H18N6O. The molecule has 1 aliphatic rings. The second kappa shape index (κ2) is 5.92. The van der Waals surface area contributed by atoms with E-state index in [1.165, 1.54) is 4.63 Å². The predicted octanol–water partition coefficient (Wildman–Crippen LogP) is 1.47. The average molecular weight is 310 g/mol. The quantitative estimate of drug-likeness (QED) is 0.789. The average Bonchev–Trinajstić information content (AvgIpc) is 3.10. The number of anilines is 1. The Bertz CT molecular complexity index is 781. The van der Waals surface area contributed by atoms with Crippen LogP contribution in [0.1, 0.15) is 24.5 Å². The Balaban J connectivity index is 1.44. The van der Waals surface area contributed by atoms with Crippen molar-refractivity contribution in [1.82, 2.24) is 25.3 Å². The van der Waals surface area contributed by atoms with Gasteiger partial charge in [-0.25, -0.2) is 0 Å². The van der Waals surface area contributed by atoms with Gasteiger partial charge in [0.25, 0.3) is 0 Å². The Morgan fingerprint density at radius 3 is 2.61 bits per heavy atom. The van der Waals surface area contributed by atoms with E-state index in [4.69, 9.17) is 0 Å². The van der Waals surface area contributed by atoms with E-state index >= 15 is 0 Å². The van der Waals surface area contributed by atoms with E-state index in [0.717, 1.165) is 37.3 Å². The summed E-state index contributed by atoms with van der Waals surface area (Å²) in [5.41, 5.74) is 1.64. The number of fused-ring (bicyclic) bond motifs is 1. The summed E-state index contributed by atoms with van der Waals surface area (Å²) in [7, 11) is 0. The summed E-state index contributed by atoms with van der Waals surface area (Å²) in [5.74, 6) is 1.16. The van der Waals surface area contributed by atoms with Crippen LogP contribution >= 0.6 is 0 Å². The molecule has 1 atom stereocenters. The fourth-order valence-corrected chi connectivity index (χ4v) is 3.18. The molecule has 0 aliphatic carbocycles. The van der Waals surface area contributed by atoms with Crippen LogP contribution in [-0.4, -0.2) is 43.5 Å². The van der Waals surface area contributed by atoms with Crippen LogP contribution in [0.5, 0.6) is 0 Å². The van der Waals surface area contributed by atoms with E-state index < -0.39 is 6.10 Å². The molecular weight excluding hydrogens is 292 g/mol. The maximum absolute atomic E-state index is 10.6. The lowest BCUT2D eigenvalue weighted by molar-refractivity contribution is 0.0928. The zero-order chi connectivity index (χ0) is 15.6. The van der Waals surface area contributed by atoms with Crippen molar-refractivity contribution >= 4 is 11.5 Å². The summed E-state index contributed by atoms with van der Waals surface area (Å²) in [5, 5.41) is 26.3. The van der Waals surface area contributed by atoms with E-state index in [9.17, 15) is 5.11 Å². The highest BCUT2D eigenvalue weighted by molar-refractivity contribution is 5.44. The number of benzene rings is 1. The first-order valence-corrected chi connectivity index (χ1v) is 7.84. The first-order chi connectivity index (χ1) is 11.3. The van der Waals surface area contributed by atoms with Gasteiger partial charge in [0.05, 0.1) is 6.10 Å². The second-order valence-corrected chi connectivity index (χ2v) is 5.90. The van der Waals surface area contributed by atoms with Crippen molar-refractivity contribution in [3.05, 3.63) is 48.0 Å². The minimum atomic E-state index is -0.395. The van der Waals surface area contributed by atoms with Crippen LogP contribution in [-0.2, 0) is 0 Å². The fourth-order valence-electron chi connectivity index (χ4n) is 3.18. The van der Waals surface area contributed by atoms with Crippen LogP contribution in [0.2, 0.25) is 0 Å². The van der Waals surface area contributed by atoms with Gasteiger partial charge in [-0.3, -0.25) is 0 Å². The molecule has 1 fully saturated rings. The summed E-state index contributed by atoms with van der Waals surface area (Å²) in [6.45, 7) is 1.74. The van der Waals surface area contributed by atoms with Crippen molar-refractivity contribution < 1.29 is 5.11 Å². The Morgan fingerprint density at radius 2 is 1.83 bits per heavy atom. The highest BCUT2D eigenvalue weighted by Crippen LogP contribution is 2.31. The van der Waals surface area contributed by atoms with Gasteiger partial charge < -0.3 is 10.0 Å². The minimum absolute atomic E-state index is 0.283. The van der Waals surface area contributed by atoms with Crippen molar-refractivity contribution in [2.75, 3.05) is 18.0 Å². The van der Waals surface area contributed by atoms with Crippen LogP contribution in [0.4, 0.5) is 5.82 Å². The summed E-state index contributed by atoms with van der Waals surface area (Å²) in [6, 6.07) is 13.7. The SMILES string of the molecule is O[C@H](c1ccccc1)C1CCN(c2ccc3nnnn3n2)CC1. The van der Waals surface area contributed by atoms with Crippen LogP contribution in [0.15, 0.2) is 42.5 Å². The summed E-state index contributed by atoms with van der Waals surface area (Å²) in [6.07, 6.45) is 1.48. The highest BCUT2D eigenvalue weighted by Gasteiger charge is 2.26. The van der Waals surface area contributed by atoms with Gasteiger partial charge in [0.2, 0.25) is 0 Å². The molecule has 118 valence electrons. The number of tetrazole rings is 1. The van der Waals surface area contributed by atoms with Gasteiger partial charge in [0.15, 0.2) is 11.5 Å². The molecule has 2 aromatic heterocycles. The van der Waals surface area contributed by atoms with Gasteiger partial charge in [0.1, 0.15) is 0 Å². The first-order valence-electron chi connectivity index (χ1n) is 7.84. The smallest absolute Gasteiger partial charge is 0.200 e. The van der Waals surface area contributed by atoms with Crippen molar-refractivity contribution in [3.8, 4) is 0 Å². The minimum Gasteiger partial charge on any atom is -0.388 e. The number of hydrogen-bond donors (Lipinski definition) is 1. The van der Waals surface area contributed by atoms with E-state index in [2.05, 4.69) is 25.5 Å². The fraction of sp³-hybridized carbons (Fsp3) is 0.375. The lowest BCUT2D eigenvalue weighted by atomic mass is 9.87. The van der Waals surface area contributed by atoms with Crippen molar-refractivity contribution in [2.24, 2.45) is 5.92 Å². The molecule has 7 heteroatoms. The molecule has 0 radical (unpaired) electrons. The van der Waals surface area contributed by atoms with Gasteiger partial charge >= 0.3 is 0 Å². The van der Waals surface area contributed by atoms with Gasteiger partial charge in [-0.2, -0.15) is 0 Å². The third-order valence-corrected chi connectivity index (χ3v) is 4.51. The molecule has 0 bridgehead atoms. The third-order valence-electron chi connectivity index (χ3n) is 4.51. The Morgan fingerprint density at radius 1 is 1.04 bits per heavy atom. The number of aliphatic hydroxyl groups is 1. The van der Waals surface area contributed by atoms with Crippen LogP contribution in [0, 0.1) is 5.92 Å². The highest BCUT2D eigenvalue weighted by atomic mass is 16.3. The molecule has 0 saturated carbocycles. The van der Waals surface area contributed by atoms with Gasteiger partial charge in [-0.1, -0.05) is 30.3 Å². The molecule has 0 unspecified atom stereocenters. The molecule has 1 N–H and O–H groups in total. The van der Waals surface area contributed by atoms with Crippen LogP contribution in [0.25, 0.3) is 5.65 Å². The Kier molecular flexibility index (Phi) is 3.63. The zero-order valence-corrected chi connectivity index (χ0v) is 12.7. The monoisotopic (exact) mass is 310 g/mol. The molecule has 7 nitrogen and oxygen atoms in total. The van der Waals surface area contributed by atoms with E-state index in [1.54, 1.807) is 0 Å². The molecule has 23 heavy (non-hydrogen) atoms. The normalized spacial score (nSPS) is 17.5. The lowest BCUT2D eigenvalue weighted by Gasteiger charge is -2.34. The number of rotatable bonds is 3. The summed E-state index contributed by atoms with van der Waals surface area (Å²) >= 11 is 0. The summed E-state index contributed by atoms with van der Waals surface area (Å²) in [4.78, 5) is 2.22. The number of aliphatic hydroxyl groups excluding tert-OH is 1. The maximum Gasteiger partial charge on any atom is 0.200 e. The van der Waals surface area contributed by atoms with Gasteiger partial charge in [-0.05, 0) is 46.9 Å². The van der Waals surface area contributed by atoms with Crippen molar-refractivity contribution in [1.29, 1.82) is 0 Å². The lowest BCUT2D eigenvalue weighted by Crippen LogP contribution is -2.36. The maximum atomic E-state index is 10.6.